The van der Waals surface area contributed by atoms with Gasteiger partial charge in [-0.3, -0.25) is 14.9 Å². The first kappa shape index (κ1) is 27.0. The molecule has 1 aliphatic heterocycles. The first-order valence-corrected chi connectivity index (χ1v) is 14.2. The van der Waals surface area contributed by atoms with Crippen molar-refractivity contribution in [2.75, 3.05) is 38.6 Å². The van der Waals surface area contributed by atoms with E-state index in [-0.39, 0.29) is 11.6 Å². The number of benzene rings is 2. The first-order valence-electron chi connectivity index (χ1n) is 11.8. The van der Waals surface area contributed by atoms with E-state index in [0.29, 0.717) is 61.8 Å². The van der Waals surface area contributed by atoms with E-state index in [9.17, 15) is 19.7 Å². The number of halogens is 1. The van der Waals surface area contributed by atoms with Crippen molar-refractivity contribution in [2.45, 2.75) is 0 Å². The predicted octanol–water partition coefficient (Wildman–Crippen LogP) is 6.13. The molecule has 2 aromatic carbocycles. The molecule has 13 heteroatoms. The van der Waals surface area contributed by atoms with Crippen molar-refractivity contribution in [3.63, 3.8) is 0 Å². The van der Waals surface area contributed by atoms with Gasteiger partial charge in [0.05, 0.1) is 22.6 Å². The summed E-state index contributed by atoms with van der Waals surface area (Å²) in [5, 5.41) is 16.3. The highest BCUT2D eigenvalue weighted by atomic mass is 35.5. The number of non-ortho nitro benzene ring substituents is 1. The van der Waals surface area contributed by atoms with Gasteiger partial charge >= 0.3 is 5.97 Å². The topological polar surface area (TPSA) is 105 Å². The summed E-state index contributed by atoms with van der Waals surface area (Å²) in [7, 11) is 1.34. The number of thiophene rings is 2. The Balaban J connectivity index is 1.27. The Morgan fingerprint density at radius 2 is 1.74 bits per heavy atom. The number of carbonyl (C=O) groups is 2. The number of amides is 1. The van der Waals surface area contributed by atoms with Crippen LogP contribution in [0.4, 0.5) is 10.7 Å². The highest BCUT2D eigenvalue weighted by Gasteiger charge is 2.28. The molecule has 1 amide bonds. The molecular weight excluding hydrogens is 580 g/mol. The van der Waals surface area contributed by atoms with Gasteiger partial charge in [-0.05, 0) is 29.9 Å². The maximum Gasteiger partial charge on any atom is 0.340 e. The summed E-state index contributed by atoms with van der Waals surface area (Å²) in [6.07, 6.45) is 0. The van der Waals surface area contributed by atoms with Gasteiger partial charge in [-0.2, -0.15) is 0 Å². The van der Waals surface area contributed by atoms with E-state index in [4.69, 9.17) is 28.6 Å². The number of ether oxygens (including phenoxy) is 1. The Bertz CT molecular complexity index is 1600. The second kappa shape index (κ2) is 11.3. The molecule has 0 unspecified atom stereocenters. The van der Waals surface area contributed by atoms with Gasteiger partial charge in [-0.1, -0.05) is 41.9 Å². The second-order valence-electron chi connectivity index (χ2n) is 8.60. The number of nitro benzene ring substituents is 1. The number of anilines is 1. The van der Waals surface area contributed by atoms with Crippen molar-refractivity contribution in [1.82, 2.24) is 9.80 Å². The SMILES string of the molecule is COC(=O)c1cc(-c2ccccc2)sc1NC(=S)N1CCN(C(=O)c2sc3cc([N+](=O)[O-])ccc3c2Cl)CC1. The zero-order valence-corrected chi connectivity index (χ0v) is 23.7. The molecule has 1 fully saturated rings. The third-order valence-corrected chi connectivity index (χ3v) is 9.39. The summed E-state index contributed by atoms with van der Waals surface area (Å²) < 4.78 is 5.56. The number of nitrogens with one attached hydrogen (secondary N) is 1. The Hall–Kier alpha value is -3.58. The van der Waals surface area contributed by atoms with Crippen LogP contribution in [0.15, 0.2) is 54.6 Å². The Kier molecular flexibility index (Phi) is 7.80. The summed E-state index contributed by atoms with van der Waals surface area (Å²) in [5.41, 5.74) is 1.33. The number of esters is 1. The summed E-state index contributed by atoms with van der Waals surface area (Å²) >= 11 is 14.7. The maximum atomic E-state index is 13.3. The highest BCUT2D eigenvalue weighted by molar-refractivity contribution is 7.80. The third kappa shape index (κ3) is 5.46. The average molecular weight is 601 g/mol. The summed E-state index contributed by atoms with van der Waals surface area (Å²) in [5.74, 6) is -0.680. The van der Waals surface area contributed by atoms with Crippen molar-refractivity contribution in [1.29, 1.82) is 0 Å². The van der Waals surface area contributed by atoms with Crippen LogP contribution in [0.2, 0.25) is 5.02 Å². The summed E-state index contributed by atoms with van der Waals surface area (Å²) in [6, 6.07) is 15.9. The number of piperazine rings is 1. The lowest BCUT2D eigenvalue weighted by atomic mass is 10.1. The van der Waals surface area contributed by atoms with Crippen LogP contribution in [0.5, 0.6) is 0 Å². The van der Waals surface area contributed by atoms with Crippen LogP contribution in [0.3, 0.4) is 0 Å². The van der Waals surface area contributed by atoms with E-state index < -0.39 is 10.9 Å². The zero-order valence-electron chi connectivity index (χ0n) is 20.5. The smallest absolute Gasteiger partial charge is 0.340 e. The van der Waals surface area contributed by atoms with Crippen LogP contribution in [0, 0.1) is 10.1 Å². The van der Waals surface area contributed by atoms with E-state index in [1.165, 1.54) is 30.6 Å². The van der Waals surface area contributed by atoms with Crippen LogP contribution < -0.4 is 5.32 Å². The van der Waals surface area contributed by atoms with Gasteiger partial charge in [0.15, 0.2) is 5.11 Å². The number of hydrogen-bond donors (Lipinski definition) is 1. The minimum Gasteiger partial charge on any atom is -0.465 e. The number of rotatable bonds is 5. The number of carbonyl (C=O) groups excluding carboxylic acids is 2. The predicted molar refractivity (Wildman–Crippen MR) is 158 cm³/mol. The minimum absolute atomic E-state index is 0.0500. The van der Waals surface area contributed by atoms with E-state index >= 15 is 0 Å². The van der Waals surface area contributed by atoms with E-state index in [1.807, 2.05) is 35.2 Å². The normalized spacial score (nSPS) is 13.4. The molecule has 1 saturated heterocycles. The van der Waals surface area contributed by atoms with E-state index in [2.05, 4.69) is 5.32 Å². The van der Waals surface area contributed by atoms with Crippen molar-refractivity contribution in [2.24, 2.45) is 0 Å². The lowest BCUT2D eigenvalue weighted by molar-refractivity contribution is -0.384. The molecule has 0 atom stereocenters. The highest BCUT2D eigenvalue weighted by Crippen LogP contribution is 2.38. The third-order valence-electron chi connectivity index (χ3n) is 6.29. The fraction of sp³-hybridized carbons (Fsp3) is 0.192. The molecule has 0 spiro atoms. The standard InChI is InChI=1S/C26H21ClN4O5S3/c1-36-25(33)18-14-19(15-5-3-2-4-6-15)39-23(18)28-26(37)30-11-9-29(10-12-30)24(32)22-21(27)17-8-7-16(31(34)35)13-20(17)38-22/h2-8,13-14H,9-12H2,1H3,(H,28,37). The molecule has 5 rings (SSSR count). The molecule has 2 aromatic heterocycles. The van der Waals surface area contributed by atoms with Gasteiger partial charge in [0, 0.05) is 53.3 Å². The van der Waals surface area contributed by atoms with Crippen molar-refractivity contribution in [3.8, 4) is 10.4 Å². The van der Waals surface area contributed by atoms with Crippen LogP contribution in [-0.2, 0) is 4.74 Å². The van der Waals surface area contributed by atoms with Crippen molar-refractivity contribution in [3.05, 3.63) is 80.2 Å². The van der Waals surface area contributed by atoms with Gasteiger partial charge in [-0.25, -0.2) is 4.79 Å². The molecule has 0 aliphatic carbocycles. The number of fused-ring (bicyclic) bond motifs is 1. The molecule has 1 aliphatic rings. The fourth-order valence-electron chi connectivity index (χ4n) is 4.23. The molecule has 39 heavy (non-hydrogen) atoms. The molecule has 3 heterocycles. The lowest BCUT2D eigenvalue weighted by Crippen LogP contribution is -2.51. The number of thiocarbonyl (C=S) groups is 1. The van der Waals surface area contributed by atoms with E-state index in [1.54, 1.807) is 17.0 Å². The van der Waals surface area contributed by atoms with Crippen LogP contribution in [0.25, 0.3) is 20.5 Å². The summed E-state index contributed by atoms with van der Waals surface area (Å²) in [4.78, 5) is 41.2. The molecule has 4 aromatic rings. The van der Waals surface area contributed by atoms with Gasteiger partial charge in [-0.15, -0.1) is 22.7 Å². The molecule has 0 radical (unpaired) electrons. The minimum atomic E-state index is -0.475. The van der Waals surface area contributed by atoms with Crippen LogP contribution in [0.1, 0.15) is 20.0 Å². The van der Waals surface area contributed by atoms with Gasteiger partial charge in [0.2, 0.25) is 0 Å². The largest absolute Gasteiger partial charge is 0.465 e. The Labute approximate surface area is 241 Å². The number of methoxy groups -OCH3 is 1. The summed E-state index contributed by atoms with van der Waals surface area (Å²) in [6.45, 7) is 1.79. The molecule has 0 bridgehead atoms. The molecule has 9 nitrogen and oxygen atoms in total. The molecule has 200 valence electrons. The number of nitro groups is 1. The Morgan fingerprint density at radius 1 is 1.05 bits per heavy atom. The van der Waals surface area contributed by atoms with Crippen molar-refractivity contribution >= 4 is 84.3 Å². The van der Waals surface area contributed by atoms with Crippen LogP contribution >= 0.6 is 46.5 Å². The fourth-order valence-corrected chi connectivity index (χ4v) is 7.14. The molecular formula is C26H21ClN4O5S3. The second-order valence-corrected chi connectivity index (χ2v) is 11.5. The quantitative estimate of drug-likeness (QED) is 0.126. The van der Waals surface area contributed by atoms with Gasteiger partial charge < -0.3 is 19.9 Å². The lowest BCUT2D eigenvalue weighted by Gasteiger charge is -2.36. The van der Waals surface area contributed by atoms with Crippen molar-refractivity contribution < 1.29 is 19.2 Å². The van der Waals surface area contributed by atoms with E-state index in [0.717, 1.165) is 21.8 Å². The monoisotopic (exact) mass is 600 g/mol. The number of hydrogen-bond acceptors (Lipinski definition) is 8. The molecule has 1 N–H and O–H groups in total. The molecule has 0 saturated carbocycles. The van der Waals surface area contributed by atoms with Crippen LogP contribution in [-0.4, -0.2) is 65.0 Å². The van der Waals surface area contributed by atoms with Gasteiger partial charge in [0.25, 0.3) is 11.6 Å². The zero-order chi connectivity index (χ0) is 27.7. The first-order chi connectivity index (χ1) is 18.8. The van der Waals surface area contributed by atoms with Gasteiger partial charge in [0.1, 0.15) is 9.88 Å². The number of nitrogens with zero attached hydrogens (tertiary/aromatic N) is 3. The maximum absolute atomic E-state index is 13.3. The average Bonchev–Trinajstić information content (AvgIpc) is 3.53. The Morgan fingerprint density at radius 3 is 2.41 bits per heavy atom.